The molecule has 3 rings (SSSR count). The van der Waals surface area contributed by atoms with Crippen molar-refractivity contribution in [3.63, 3.8) is 0 Å². The first-order valence-electron chi connectivity index (χ1n) is 8.55. The average Bonchev–Trinajstić information content (AvgIpc) is 3.03. The maximum Gasteiger partial charge on any atom is 0.222 e. The summed E-state index contributed by atoms with van der Waals surface area (Å²) >= 11 is 0. The zero-order chi connectivity index (χ0) is 13.8. The molecule has 0 radical (unpaired) electrons. The molecular formula is C16H29N3O. The lowest BCUT2D eigenvalue weighted by Gasteiger charge is -2.38. The van der Waals surface area contributed by atoms with Gasteiger partial charge in [0.1, 0.15) is 0 Å². The van der Waals surface area contributed by atoms with E-state index in [9.17, 15) is 4.79 Å². The largest absolute Gasteiger partial charge is 0.340 e. The normalized spacial score (nSPS) is 29.8. The summed E-state index contributed by atoms with van der Waals surface area (Å²) < 4.78 is 0. The number of piperidine rings is 1. The Morgan fingerprint density at radius 3 is 2.40 bits per heavy atom. The van der Waals surface area contributed by atoms with Gasteiger partial charge in [0.25, 0.3) is 0 Å². The molecule has 0 aromatic carbocycles. The summed E-state index contributed by atoms with van der Waals surface area (Å²) in [5, 5.41) is 3.41. The molecule has 0 bridgehead atoms. The molecule has 2 aliphatic heterocycles. The number of rotatable bonds is 3. The fourth-order valence-corrected chi connectivity index (χ4v) is 4.08. The van der Waals surface area contributed by atoms with Gasteiger partial charge in [-0.2, -0.15) is 0 Å². The van der Waals surface area contributed by atoms with E-state index < -0.39 is 0 Å². The summed E-state index contributed by atoms with van der Waals surface area (Å²) in [6, 6.07) is 0.815. The van der Waals surface area contributed by atoms with E-state index in [0.717, 1.165) is 51.7 Å². The van der Waals surface area contributed by atoms with Gasteiger partial charge in [0, 0.05) is 38.6 Å². The zero-order valence-corrected chi connectivity index (χ0v) is 12.6. The van der Waals surface area contributed by atoms with Gasteiger partial charge < -0.3 is 10.2 Å². The molecule has 1 aliphatic carbocycles. The highest BCUT2D eigenvalue weighted by Gasteiger charge is 2.28. The van der Waals surface area contributed by atoms with Gasteiger partial charge in [-0.1, -0.05) is 12.8 Å². The molecule has 0 aromatic rings. The molecule has 114 valence electrons. The monoisotopic (exact) mass is 279 g/mol. The van der Waals surface area contributed by atoms with E-state index in [0.29, 0.717) is 11.8 Å². The first kappa shape index (κ1) is 14.3. The standard InChI is InChI=1S/C16H29N3O/c20-16(12-14-4-3-7-17-13-14)19-10-8-18(9-11-19)15-5-1-2-6-15/h14-15,17H,1-13H2. The Balaban J connectivity index is 1.41. The number of hydrogen-bond donors (Lipinski definition) is 1. The van der Waals surface area contributed by atoms with Crippen molar-refractivity contribution in [3.05, 3.63) is 0 Å². The van der Waals surface area contributed by atoms with E-state index in [2.05, 4.69) is 15.1 Å². The van der Waals surface area contributed by atoms with Crippen LogP contribution < -0.4 is 5.32 Å². The summed E-state index contributed by atoms with van der Waals surface area (Å²) in [4.78, 5) is 17.1. The quantitative estimate of drug-likeness (QED) is 0.849. The second-order valence-electron chi connectivity index (χ2n) is 6.77. The fraction of sp³-hybridized carbons (Fsp3) is 0.938. The van der Waals surface area contributed by atoms with E-state index in [1.165, 1.54) is 38.5 Å². The summed E-state index contributed by atoms with van der Waals surface area (Å²) in [5.41, 5.74) is 0. The van der Waals surface area contributed by atoms with Crippen molar-refractivity contribution in [3.8, 4) is 0 Å². The van der Waals surface area contributed by atoms with Crippen molar-refractivity contribution in [1.29, 1.82) is 0 Å². The first-order chi connectivity index (χ1) is 9.83. The molecule has 1 unspecified atom stereocenters. The Labute approximate surface area is 122 Å². The van der Waals surface area contributed by atoms with Crippen molar-refractivity contribution in [2.45, 2.75) is 51.0 Å². The molecule has 0 aromatic heterocycles. The Hall–Kier alpha value is -0.610. The molecule has 0 spiro atoms. The summed E-state index contributed by atoms with van der Waals surface area (Å²) in [6.07, 6.45) is 8.77. The van der Waals surface area contributed by atoms with Gasteiger partial charge in [-0.15, -0.1) is 0 Å². The Bertz CT molecular complexity index is 314. The molecule has 3 fully saturated rings. The maximum atomic E-state index is 12.4. The zero-order valence-electron chi connectivity index (χ0n) is 12.6. The van der Waals surface area contributed by atoms with Gasteiger partial charge in [-0.3, -0.25) is 9.69 Å². The van der Waals surface area contributed by atoms with Crippen LogP contribution in [0.2, 0.25) is 0 Å². The molecule has 1 atom stereocenters. The van der Waals surface area contributed by atoms with Crippen LogP contribution in [0.3, 0.4) is 0 Å². The van der Waals surface area contributed by atoms with Gasteiger partial charge in [0.2, 0.25) is 5.91 Å². The van der Waals surface area contributed by atoms with E-state index in [1.54, 1.807) is 0 Å². The molecule has 3 aliphatic rings. The molecule has 4 heteroatoms. The number of carbonyl (C=O) groups excluding carboxylic acids is 1. The third-order valence-electron chi connectivity index (χ3n) is 5.37. The van der Waals surface area contributed by atoms with E-state index >= 15 is 0 Å². The minimum absolute atomic E-state index is 0.393. The van der Waals surface area contributed by atoms with Crippen LogP contribution in [0, 0.1) is 5.92 Å². The van der Waals surface area contributed by atoms with Crippen LogP contribution in [-0.4, -0.2) is 61.0 Å². The fourth-order valence-electron chi connectivity index (χ4n) is 4.08. The molecular weight excluding hydrogens is 250 g/mol. The van der Waals surface area contributed by atoms with E-state index in [-0.39, 0.29) is 0 Å². The smallest absolute Gasteiger partial charge is 0.222 e. The van der Waals surface area contributed by atoms with Crippen molar-refractivity contribution in [1.82, 2.24) is 15.1 Å². The van der Waals surface area contributed by atoms with Crippen LogP contribution in [-0.2, 0) is 4.79 Å². The van der Waals surface area contributed by atoms with Crippen molar-refractivity contribution in [2.24, 2.45) is 5.92 Å². The van der Waals surface area contributed by atoms with Crippen LogP contribution in [0.4, 0.5) is 0 Å². The van der Waals surface area contributed by atoms with Crippen molar-refractivity contribution >= 4 is 5.91 Å². The van der Waals surface area contributed by atoms with Crippen LogP contribution in [0.25, 0.3) is 0 Å². The summed E-state index contributed by atoms with van der Waals surface area (Å²) in [5.74, 6) is 0.967. The Morgan fingerprint density at radius 2 is 1.75 bits per heavy atom. The van der Waals surface area contributed by atoms with Gasteiger partial charge in [-0.05, 0) is 44.7 Å². The first-order valence-corrected chi connectivity index (χ1v) is 8.55. The highest BCUT2D eigenvalue weighted by molar-refractivity contribution is 5.76. The lowest BCUT2D eigenvalue weighted by atomic mass is 9.95. The van der Waals surface area contributed by atoms with Gasteiger partial charge in [0.05, 0.1) is 0 Å². The van der Waals surface area contributed by atoms with Gasteiger partial charge in [-0.25, -0.2) is 0 Å². The number of carbonyl (C=O) groups is 1. The number of hydrogen-bond acceptors (Lipinski definition) is 3. The Morgan fingerprint density at radius 1 is 1.00 bits per heavy atom. The third kappa shape index (κ3) is 3.53. The molecule has 2 saturated heterocycles. The minimum atomic E-state index is 0.393. The molecule has 1 amide bonds. The molecule has 4 nitrogen and oxygen atoms in total. The summed E-state index contributed by atoms with van der Waals surface area (Å²) in [6.45, 7) is 6.27. The highest BCUT2D eigenvalue weighted by Crippen LogP contribution is 2.24. The predicted octanol–water partition coefficient (Wildman–Crippen LogP) is 1.46. The minimum Gasteiger partial charge on any atom is -0.340 e. The van der Waals surface area contributed by atoms with Crippen molar-refractivity contribution in [2.75, 3.05) is 39.3 Å². The van der Waals surface area contributed by atoms with Crippen LogP contribution in [0.5, 0.6) is 0 Å². The third-order valence-corrected chi connectivity index (χ3v) is 5.37. The topological polar surface area (TPSA) is 35.6 Å². The van der Waals surface area contributed by atoms with Gasteiger partial charge in [0.15, 0.2) is 0 Å². The van der Waals surface area contributed by atoms with Gasteiger partial charge >= 0.3 is 0 Å². The number of nitrogens with one attached hydrogen (secondary N) is 1. The highest BCUT2D eigenvalue weighted by atomic mass is 16.2. The molecule has 1 N–H and O–H groups in total. The Kier molecular flexibility index (Phi) is 4.94. The predicted molar refractivity (Wildman–Crippen MR) is 80.6 cm³/mol. The second-order valence-corrected chi connectivity index (χ2v) is 6.77. The lowest BCUT2D eigenvalue weighted by Crippen LogP contribution is -2.51. The number of amides is 1. The molecule has 2 heterocycles. The number of nitrogens with zero attached hydrogens (tertiary/aromatic N) is 2. The summed E-state index contributed by atoms with van der Waals surface area (Å²) in [7, 11) is 0. The molecule has 20 heavy (non-hydrogen) atoms. The van der Waals surface area contributed by atoms with Crippen molar-refractivity contribution < 1.29 is 4.79 Å². The maximum absolute atomic E-state index is 12.4. The number of piperazine rings is 1. The SMILES string of the molecule is O=C(CC1CCCNC1)N1CCN(C2CCCC2)CC1. The van der Waals surface area contributed by atoms with Crippen LogP contribution in [0.15, 0.2) is 0 Å². The van der Waals surface area contributed by atoms with Crippen LogP contribution in [0.1, 0.15) is 44.9 Å². The van der Waals surface area contributed by atoms with Crippen LogP contribution >= 0.6 is 0 Å². The molecule has 1 saturated carbocycles. The van der Waals surface area contributed by atoms with E-state index in [4.69, 9.17) is 0 Å². The van der Waals surface area contributed by atoms with E-state index in [1.807, 2.05) is 0 Å². The average molecular weight is 279 g/mol. The second kappa shape index (κ2) is 6.90. The lowest BCUT2D eigenvalue weighted by molar-refractivity contribution is -0.134.